The Labute approximate surface area is 81.2 Å². The average molecular weight is 196 g/mol. The number of hydrogen-bond acceptors (Lipinski definition) is 4. The van der Waals surface area contributed by atoms with Gasteiger partial charge in [-0.2, -0.15) is 0 Å². The molecule has 0 bridgehead atoms. The molecule has 1 aromatic heterocycles. The quantitative estimate of drug-likeness (QED) is 0.637. The number of rotatable bonds is 4. The Kier molecular flexibility index (Phi) is 3.55. The van der Waals surface area contributed by atoms with Gasteiger partial charge in [-0.1, -0.05) is 0 Å². The minimum atomic E-state index is -1.05. The van der Waals surface area contributed by atoms with E-state index in [4.69, 9.17) is 15.9 Å². The van der Waals surface area contributed by atoms with Crippen molar-refractivity contribution in [2.75, 3.05) is 6.61 Å². The zero-order valence-corrected chi connectivity index (χ0v) is 7.55. The lowest BCUT2D eigenvalue weighted by Gasteiger charge is -2.11. The zero-order chi connectivity index (χ0) is 10.6. The third-order valence-corrected chi connectivity index (χ3v) is 1.86. The number of hydrogen-bond donors (Lipinski definition) is 3. The Hall–Kier alpha value is -1.46. The SMILES string of the molecule is N[C@@H](CCO)c1ncccc1C(=O)O. The lowest BCUT2D eigenvalue weighted by atomic mass is 10.1. The minimum absolute atomic E-state index is 0.0865. The summed E-state index contributed by atoms with van der Waals surface area (Å²) in [5.74, 6) is -1.05. The van der Waals surface area contributed by atoms with Crippen molar-refractivity contribution in [2.45, 2.75) is 12.5 Å². The van der Waals surface area contributed by atoms with Crippen LogP contribution in [0.25, 0.3) is 0 Å². The van der Waals surface area contributed by atoms with E-state index in [1.807, 2.05) is 0 Å². The highest BCUT2D eigenvalue weighted by atomic mass is 16.4. The molecule has 0 aliphatic carbocycles. The van der Waals surface area contributed by atoms with E-state index in [1.165, 1.54) is 12.3 Å². The second-order valence-corrected chi connectivity index (χ2v) is 2.86. The summed E-state index contributed by atoms with van der Waals surface area (Å²) in [6, 6.07) is 2.45. The molecule has 1 rings (SSSR count). The van der Waals surface area contributed by atoms with Gasteiger partial charge in [0.1, 0.15) is 0 Å². The van der Waals surface area contributed by atoms with Crippen molar-refractivity contribution < 1.29 is 15.0 Å². The van der Waals surface area contributed by atoms with Crippen LogP contribution < -0.4 is 5.73 Å². The molecule has 0 spiro atoms. The van der Waals surface area contributed by atoms with Crippen LogP contribution in [-0.4, -0.2) is 27.8 Å². The number of carboxylic acid groups (broad SMARTS) is 1. The zero-order valence-electron chi connectivity index (χ0n) is 7.55. The Morgan fingerprint density at radius 3 is 2.93 bits per heavy atom. The first-order chi connectivity index (χ1) is 6.66. The van der Waals surface area contributed by atoms with Gasteiger partial charge in [0, 0.05) is 12.8 Å². The van der Waals surface area contributed by atoms with Crippen LogP contribution in [0, 0.1) is 0 Å². The first-order valence-electron chi connectivity index (χ1n) is 4.21. The van der Waals surface area contributed by atoms with Gasteiger partial charge in [-0.25, -0.2) is 4.79 Å². The van der Waals surface area contributed by atoms with E-state index in [-0.39, 0.29) is 12.2 Å². The number of aliphatic hydroxyl groups excluding tert-OH is 1. The molecule has 1 heterocycles. The number of aromatic carboxylic acids is 1. The normalized spacial score (nSPS) is 12.4. The number of nitrogens with zero attached hydrogens (tertiary/aromatic N) is 1. The maximum absolute atomic E-state index is 10.8. The molecule has 0 saturated carbocycles. The van der Waals surface area contributed by atoms with Gasteiger partial charge in [0.05, 0.1) is 17.3 Å². The van der Waals surface area contributed by atoms with Crippen LogP contribution in [0.3, 0.4) is 0 Å². The minimum Gasteiger partial charge on any atom is -0.478 e. The molecule has 14 heavy (non-hydrogen) atoms. The van der Waals surface area contributed by atoms with Crippen LogP contribution >= 0.6 is 0 Å². The lowest BCUT2D eigenvalue weighted by Crippen LogP contribution is -2.17. The summed E-state index contributed by atoms with van der Waals surface area (Å²) >= 11 is 0. The monoisotopic (exact) mass is 196 g/mol. The van der Waals surface area contributed by atoms with Crippen LogP contribution in [-0.2, 0) is 0 Å². The summed E-state index contributed by atoms with van der Waals surface area (Å²) < 4.78 is 0. The van der Waals surface area contributed by atoms with Crippen molar-refractivity contribution in [3.63, 3.8) is 0 Å². The van der Waals surface area contributed by atoms with Gasteiger partial charge in [0.15, 0.2) is 0 Å². The van der Waals surface area contributed by atoms with E-state index in [0.717, 1.165) is 0 Å². The molecular formula is C9H12N2O3. The average Bonchev–Trinajstić information content (AvgIpc) is 2.18. The van der Waals surface area contributed by atoms with Crippen LogP contribution in [0.2, 0.25) is 0 Å². The van der Waals surface area contributed by atoms with E-state index in [1.54, 1.807) is 6.07 Å². The fraction of sp³-hybridized carbons (Fsp3) is 0.333. The molecule has 0 amide bonds. The molecular weight excluding hydrogens is 184 g/mol. The number of aromatic nitrogens is 1. The molecule has 1 aromatic rings. The second-order valence-electron chi connectivity index (χ2n) is 2.86. The molecule has 76 valence electrons. The molecule has 4 N–H and O–H groups in total. The molecule has 5 nitrogen and oxygen atoms in total. The second kappa shape index (κ2) is 4.69. The van der Waals surface area contributed by atoms with Crippen LogP contribution in [0.5, 0.6) is 0 Å². The highest BCUT2D eigenvalue weighted by molar-refractivity contribution is 5.88. The topological polar surface area (TPSA) is 96.4 Å². The Balaban J connectivity index is 3.00. The summed E-state index contributed by atoms with van der Waals surface area (Å²) in [5.41, 5.74) is 6.06. The molecule has 0 fully saturated rings. The van der Waals surface area contributed by atoms with E-state index >= 15 is 0 Å². The van der Waals surface area contributed by atoms with Gasteiger partial charge in [0.25, 0.3) is 0 Å². The van der Waals surface area contributed by atoms with Gasteiger partial charge in [-0.05, 0) is 18.6 Å². The fourth-order valence-electron chi connectivity index (χ4n) is 1.17. The highest BCUT2D eigenvalue weighted by Crippen LogP contribution is 2.15. The largest absolute Gasteiger partial charge is 0.478 e. The lowest BCUT2D eigenvalue weighted by molar-refractivity contribution is 0.0694. The van der Waals surface area contributed by atoms with Crippen molar-refractivity contribution in [3.05, 3.63) is 29.6 Å². The van der Waals surface area contributed by atoms with Crippen molar-refractivity contribution in [3.8, 4) is 0 Å². The summed E-state index contributed by atoms with van der Waals surface area (Å²) in [6.45, 7) is -0.0865. The van der Waals surface area contributed by atoms with Crippen LogP contribution in [0.4, 0.5) is 0 Å². The molecule has 0 unspecified atom stereocenters. The smallest absolute Gasteiger partial charge is 0.337 e. The highest BCUT2D eigenvalue weighted by Gasteiger charge is 2.16. The predicted molar refractivity (Wildman–Crippen MR) is 49.8 cm³/mol. The molecule has 0 aromatic carbocycles. The standard InChI is InChI=1S/C9H12N2O3/c10-7(3-5-12)8-6(9(13)14)2-1-4-11-8/h1-2,4,7,12H,3,5,10H2,(H,13,14)/t7-/m0/s1. The number of aliphatic hydroxyl groups is 1. The Morgan fingerprint density at radius 1 is 1.64 bits per heavy atom. The van der Waals surface area contributed by atoms with Gasteiger partial charge >= 0.3 is 5.97 Å². The maximum atomic E-state index is 10.8. The molecule has 0 aliphatic rings. The summed E-state index contributed by atoms with van der Waals surface area (Å²) in [5, 5.41) is 17.5. The number of carboxylic acids is 1. The van der Waals surface area contributed by atoms with Crippen molar-refractivity contribution in [1.29, 1.82) is 0 Å². The van der Waals surface area contributed by atoms with Gasteiger partial charge < -0.3 is 15.9 Å². The van der Waals surface area contributed by atoms with Gasteiger partial charge in [0.2, 0.25) is 0 Å². The van der Waals surface area contributed by atoms with Crippen molar-refractivity contribution in [2.24, 2.45) is 5.73 Å². The summed E-state index contributed by atoms with van der Waals surface area (Å²) in [4.78, 5) is 14.7. The third kappa shape index (κ3) is 2.27. The van der Waals surface area contributed by atoms with E-state index < -0.39 is 12.0 Å². The Bertz CT molecular complexity index is 328. The van der Waals surface area contributed by atoms with E-state index in [9.17, 15) is 4.79 Å². The fourth-order valence-corrected chi connectivity index (χ4v) is 1.17. The van der Waals surface area contributed by atoms with E-state index in [2.05, 4.69) is 4.98 Å². The van der Waals surface area contributed by atoms with Crippen LogP contribution in [0.1, 0.15) is 28.5 Å². The third-order valence-electron chi connectivity index (χ3n) is 1.86. The predicted octanol–water partition coefficient (Wildman–Crippen LogP) is 0.162. The molecule has 0 radical (unpaired) electrons. The summed E-state index contributed by atoms with van der Waals surface area (Å²) in [7, 11) is 0. The molecule has 1 atom stereocenters. The molecule has 0 aliphatic heterocycles. The van der Waals surface area contributed by atoms with E-state index in [0.29, 0.717) is 12.1 Å². The maximum Gasteiger partial charge on any atom is 0.337 e. The Morgan fingerprint density at radius 2 is 2.36 bits per heavy atom. The summed E-state index contributed by atoms with van der Waals surface area (Å²) in [6.07, 6.45) is 1.79. The number of nitrogens with two attached hydrogens (primary N) is 1. The van der Waals surface area contributed by atoms with Crippen LogP contribution in [0.15, 0.2) is 18.3 Å². The van der Waals surface area contributed by atoms with Gasteiger partial charge in [-0.15, -0.1) is 0 Å². The number of carbonyl (C=O) groups is 1. The molecule has 0 saturated heterocycles. The van der Waals surface area contributed by atoms with Crippen molar-refractivity contribution >= 4 is 5.97 Å². The number of pyridine rings is 1. The molecule has 5 heteroatoms. The van der Waals surface area contributed by atoms with Crippen molar-refractivity contribution in [1.82, 2.24) is 4.98 Å². The first kappa shape index (κ1) is 10.6. The first-order valence-corrected chi connectivity index (χ1v) is 4.21. The van der Waals surface area contributed by atoms with Gasteiger partial charge in [-0.3, -0.25) is 4.98 Å².